The van der Waals surface area contributed by atoms with Crippen LogP contribution in [0.4, 0.5) is 11.6 Å². The summed E-state index contributed by atoms with van der Waals surface area (Å²) >= 11 is 5.72. The molecule has 0 saturated carbocycles. The quantitative estimate of drug-likeness (QED) is 0.803. The molecule has 1 heterocycles. The number of nitrogens with one attached hydrogen (secondary N) is 1. The standard InChI is InChI=1S/C14H18ClN3/c1-2-18-10-9-16-14(18)17-13-7-3-5-12(11-13)6-4-8-15/h3,5,7,9-11H,2,4,6,8H2,1H3,(H,16,17). The van der Waals surface area contributed by atoms with E-state index in [4.69, 9.17) is 11.6 Å². The van der Waals surface area contributed by atoms with Crippen LogP contribution < -0.4 is 5.32 Å². The van der Waals surface area contributed by atoms with Crippen molar-refractivity contribution in [3.05, 3.63) is 42.2 Å². The Kier molecular flexibility index (Phi) is 4.65. The highest BCUT2D eigenvalue weighted by molar-refractivity contribution is 6.17. The summed E-state index contributed by atoms with van der Waals surface area (Å²) in [7, 11) is 0. The molecular weight excluding hydrogens is 246 g/mol. The number of anilines is 2. The zero-order chi connectivity index (χ0) is 12.8. The van der Waals surface area contributed by atoms with Gasteiger partial charge in [0.1, 0.15) is 0 Å². The van der Waals surface area contributed by atoms with E-state index in [0.717, 1.165) is 31.0 Å². The lowest BCUT2D eigenvalue weighted by Gasteiger charge is -2.09. The van der Waals surface area contributed by atoms with E-state index in [2.05, 4.69) is 46.1 Å². The molecule has 1 aromatic carbocycles. The van der Waals surface area contributed by atoms with E-state index >= 15 is 0 Å². The van der Waals surface area contributed by atoms with Crippen molar-refractivity contribution in [3.63, 3.8) is 0 Å². The highest BCUT2D eigenvalue weighted by atomic mass is 35.5. The Hall–Kier alpha value is -1.48. The number of alkyl halides is 1. The third-order valence-electron chi connectivity index (χ3n) is 2.84. The first-order valence-electron chi connectivity index (χ1n) is 6.26. The van der Waals surface area contributed by atoms with Gasteiger partial charge in [0.05, 0.1) is 0 Å². The molecule has 1 N–H and O–H groups in total. The second-order valence-corrected chi connectivity index (χ2v) is 4.53. The molecule has 0 fully saturated rings. The zero-order valence-corrected chi connectivity index (χ0v) is 11.3. The molecule has 0 atom stereocenters. The number of benzene rings is 1. The predicted octanol–water partition coefficient (Wildman–Crippen LogP) is 3.82. The first-order chi connectivity index (χ1) is 8.83. The molecule has 96 valence electrons. The average Bonchev–Trinajstić information content (AvgIpc) is 2.84. The number of nitrogens with zero attached hydrogens (tertiary/aromatic N) is 2. The van der Waals surface area contributed by atoms with Crippen molar-refractivity contribution in [2.45, 2.75) is 26.3 Å². The Labute approximate surface area is 113 Å². The van der Waals surface area contributed by atoms with Crippen molar-refractivity contribution in [2.24, 2.45) is 0 Å². The Morgan fingerprint density at radius 1 is 1.39 bits per heavy atom. The summed E-state index contributed by atoms with van der Waals surface area (Å²) in [6, 6.07) is 8.40. The molecule has 0 saturated heterocycles. The normalized spacial score (nSPS) is 10.6. The number of hydrogen-bond acceptors (Lipinski definition) is 2. The fourth-order valence-electron chi connectivity index (χ4n) is 1.89. The second-order valence-electron chi connectivity index (χ2n) is 4.15. The highest BCUT2D eigenvalue weighted by Crippen LogP contribution is 2.17. The summed E-state index contributed by atoms with van der Waals surface area (Å²) in [6.07, 6.45) is 5.80. The fraction of sp³-hybridized carbons (Fsp3) is 0.357. The van der Waals surface area contributed by atoms with Gasteiger partial charge in [-0.2, -0.15) is 0 Å². The molecule has 0 aliphatic rings. The molecule has 0 bridgehead atoms. The van der Waals surface area contributed by atoms with Crippen molar-refractivity contribution in [1.29, 1.82) is 0 Å². The van der Waals surface area contributed by atoms with Crippen molar-refractivity contribution >= 4 is 23.2 Å². The van der Waals surface area contributed by atoms with Gasteiger partial charge >= 0.3 is 0 Å². The molecule has 0 unspecified atom stereocenters. The summed E-state index contributed by atoms with van der Waals surface area (Å²) in [4.78, 5) is 4.30. The lowest BCUT2D eigenvalue weighted by atomic mass is 10.1. The van der Waals surface area contributed by atoms with Crippen LogP contribution in [0.25, 0.3) is 0 Å². The maximum absolute atomic E-state index is 5.72. The van der Waals surface area contributed by atoms with Gasteiger partial charge in [0, 0.05) is 30.5 Å². The van der Waals surface area contributed by atoms with E-state index in [0.29, 0.717) is 5.88 Å². The van der Waals surface area contributed by atoms with Gasteiger partial charge in [0.2, 0.25) is 5.95 Å². The number of imidazole rings is 1. The molecule has 4 heteroatoms. The molecule has 3 nitrogen and oxygen atoms in total. The molecule has 1 aromatic heterocycles. The van der Waals surface area contributed by atoms with Crippen LogP contribution >= 0.6 is 11.6 Å². The van der Waals surface area contributed by atoms with Gasteiger partial charge in [-0.1, -0.05) is 12.1 Å². The molecule has 0 spiro atoms. The lowest BCUT2D eigenvalue weighted by molar-refractivity contribution is 0.772. The molecule has 0 aliphatic carbocycles. The number of aryl methyl sites for hydroxylation is 2. The maximum Gasteiger partial charge on any atom is 0.207 e. The minimum atomic E-state index is 0.706. The van der Waals surface area contributed by atoms with E-state index < -0.39 is 0 Å². The van der Waals surface area contributed by atoms with Gasteiger partial charge in [-0.15, -0.1) is 11.6 Å². The number of hydrogen-bond donors (Lipinski definition) is 1. The van der Waals surface area contributed by atoms with Crippen molar-refractivity contribution in [3.8, 4) is 0 Å². The van der Waals surface area contributed by atoms with Crippen LogP contribution in [0, 0.1) is 0 Å². The summed E-state index contributed by atoms with van der Waals surface area (Å²) in [5, 5.41) is 3.34. The van der Waals surface area contributed by atoms with Gasteiger partial charge in [-0.3, -0.25) is 0 Å². The van der Waals surface area contributed by atoms with Crippen LogP contribution in [-0.2, 0) is 13.0 Å². The van der Waals surface area contributed by atoms with Crippen LogP contribution in [0.1, 0.15) is 18.9 Å². The lowest BCUT2D eigenvalue weighted by Crippen LogP contribution is -2.01. The minimum absolute atomic E-state index is 0.706. The van der Waals surface area contributed by atoms with Crippen LogP contribution in [0.3, 0.4) is 0 Å². The number of aromatic nitrogens is 2. The summed E-state index contributed by atoms with van der Waals surface area (Å²) in [5.74, 6) is 1.59. The Balaban J connectivity index is 2.09. The predicted molar refractivity (Wildman–Crippen MR) is 76.7 cm³/mol. The van der Waals surface area contributed by atoms with Crippen LogP contribution in [-0.4, -0.2) is 15.4 Å². The largest absolute Gasteiger partial charge is 0.326 e. The van der Waals surface area contributed by atoms with E-state index in [1.165, 1.54) is 5.56 Å². The zero-order valence-electron chi connectivity index (χ0n) is 10.6. The van der Waals surface area contributed by atoms with Gasteiger partial charge in [0.25, 0.3) is 0 Å². The molecular formula is C14H18ClN3. The topological polar surface area (TPSA) is 29.9 Å². The monoisotopic (exact) mass is 263 g/mol. The van der Waals surface area contributed by atoms with E-state index in [1.807, 2.05) is 12.4 Å². The minimum Gasteiger partial charge on any atom is -0.326 e. The van der Waals surface area contributed by atoms with Gasteiger partial charge in [0.15, 0.2) is 0 Å². The number of rotatable bonds is 6. The highest BCUT2D eigenvalue weighted by Gasteiger charge is 2.02. The smallest absolute Gasteiger partial charge is 0.207 e. The molecule has 18 heavy (non-hydrogen) atoms. The summed E-state index contributed by atoms with van der Waals surface area (Å²) < 4.78 is 2.07. The van der Waals surface area contributed by atoms with Gasteiger partial charge in [-0.05, 0) is 37.5 Å². The average molecular weight is 264 g/mol. The first-order valence-corrected chi connectivity index (χ1v) is 6.80. The SMILES string of the molecule is CCn1ccnc1Nc1cccc(CCCCl)c1. The van der Waals surface area contributed by atoms with Crippen molar-refractivity contribution < 1.29 is 0 Å². The number of halogens is 1. The van der Waals surface area contributed by atoms with E-state index in [1.54, 1.807) is 0 Å². The van der Waals surface area contributed by atoms with Crippen molar-refractivity contribution in [2.75, 3.05) is 11.2 Å². The van der Waals surface area contributed by atoms with Crippen LogP contribution in [0.5, 0.6) is 0 Å². The summed E-state index contributed by atoms with van der Waals surface area (Å²) in [5.41, 5.74) is 2.37. The molecule has 0 amide bonds. The molecule has 2 aromatic rings. The Morgan fingerprint density at radius 2 is 2.28 bits per heavy atom. The molecule has 0 radical (unpaired) electrons. The van der Waals surface area contributed by atoms with Crippen LogP contribution in [0.2, 0.25) is 0 Å². The van der Waals surface area contributed by atoms with E-state index in [-0.39, 0.29) is 0 Å². The summed E-state index contributed by atoms with van der Waals surface area (Å²) in [6.45, 7) is 3.01. The molecule has 2 rings (SSSR count). The Bertz CT molecular complexity index is 493. The van der Waals surface area contributed by atoms with Gasteiger partial charge in [-0.25, -0.2) is 4.98 Å². The third-order valence-corrected chi connectivity index (χ3v) is 3.11. The van der Waals surface area contributed by atoms with Crippen LogP contribution in [0.15, 0.2) is 36.7 Å². The molecule has 0 aliphatic heterocycles. The fourth-order valence-corrected chi connectivity index (χ4v) is 2.03. The maximum atomic E-state index is 5.72. The van der Waals surface area contributed by atoms with E-state index in [9.17, 15) is 0 Å². The second kappa shape index (κ2) is 6.45. The third kappa shape index (κ3) is 3.26. The van der Waals surface area contributed by atoms with Gasteiger partial charge < -0.3 is 9.88 Å². The van der Waals surface area contributed by atoms with Crippen molar-refractivity contribution in [1.82, 2.24) is 9.55 Å². The first kappa shape index (κ1) is 13.0. The Morgan fingerprint density at radius 3 is 3.06 bits per heavy atom.